The van der Waals surface area contributed by atoms with Crippen LogP contribution in [0.1, 0.15) is 23.6 Å². The van der Waals surface area contributed by atoms with E-state index in [1.807, 2.05) is 25.3 Å². The lowest BCUT2D eigenvalue weighted by atomic mass is 10.3. The maximum atomic E-state index is 11.1. The zero-order valence-corrected chi connectivity index (χ0v) is 10.9. The highest BCUT2D eigenvalue weighted by molar-refractivity contribution is 5.95. The van der Waals surface area contributed by atoms with Crippen LogP contribution in [-0.4, -0.2) is 39.6 Å². The van der Waals surface area contributed by atoms with Crippen LogP contribution in [0.25, 0.3) is 0 Å². The summed E-state index contributed by atoms with van der Waals surface area (Å²) in [5.74, 6) is -0.635. The van der Waals surface area contributed by atoms with E-state index in [1.165, 1.54) is 0 Å². The number of aryl methyl sites for hydroxylation is 2. The van der Waals surface area contributed by atoms with Gasteiger partial charge >= 0.3 is 5.97 Å². The van der Waals surface area contributed by atoms with E-state index in [2.05, 4.69) is 4.98 Å². The van der Waals surface area contributed by atoms with E-state index in [0.717, 1.165) is 17.2 Å². The molecule has 0 unspecified atom stereocenters. The van der Waals surface area contributed by atoms with Gasteiger partial charge in [0.1, 0.15) is 18.9 Å². The van der Waals surface area contributed by atoms with Crippen LogP contribution in [0.2, 0.25) is 0 Å². The number of aromatic nitrogens is 2. The number of rotatable bonds is 7. The first-order valence-electron chi connectivity index (χ1n) is 5.73. The van der Waals surface area contributed by atoms with Crippen molar-refractivity contribution >= 4 is 11.8 Å². The fraction of sp³-hybridized carbons (Fsp3) is 0.583. The maximum Gasteiger partial charge on any atom is 0.310 e. The Hall–Kier alpha value is -1.69. The lowest BCUT2D eigenvalue weighted by Gasteiger charge is -2.08. The van der Waals surface area contributed by atoms with E-state index in [1.54, 1.807) is 0 Å². The quantitative estimate of drug-likeness (QED) is 0.576. The molecule has 0 amide bonds. The van der Waals surface area contributed by atoms with Gasteiger partial charge in [0.25, 0.3) is 0 Å². The minimum Gasteiger partial charge on any atom is -0.481 e. The van der Waals surface area contributed by atoms with Crippen molar-refractivity contribution < 1.29 is 19.4 Å². The van der Waals surface area contributed by atoms with Crippen molar-refractivity contribution in [1.82, 2.24) is 9.55 Å². The molecule has 1 aromatic heterocycles. The number of imidazole rings is 1. The SMILES string of the molecule is Cc1nc(C)n(CCOCC(=O)CC(=O)O)c1C. The van der Waals surface area contributed by atoms with Gasteiger partial charge < -0.3 is 14.4 Å². The second kappa shape index (κ2) is 6.30. The van der Waals surface area contributed by atoms with Gasteiger partial charge in [0.15, 0.2) is 5.78 Å². The predicted molar refractivity (Wildman–Crippen MR) is 64.5 cm³/mol. The van der Waals surface area contributed by atoms with Gasteiger partial charge in [-0.2, -0.15) is 0 Å². The first-order chi connectivity index (χ1) is 8.41. The lowest BCUT2D eigenvalue weighted by molar-refractivity contribution is -0.141. The smallest absolute Gasteiger partial charge is 0.310 e. The van der Waals surface area contributed by atoms with Gasteiger partial charge in [0.2, 0.25) is 0 Å². The number of carboxylic acid groups (broad SMARTS) is 1. The van der Waals surface area contributed by atoms with Crippen LogP contribution in [-0.2, 0) is 20.9 Å². The van der Waals surface area contributed by atoms with Gasteiger partial charge in [0.05, 0.1) is 12.3 Å². The van der Waals surface area contributed by atoms with Crippen LogP contribution < -0.4 is 0 Å². The van der Waals surface area contributed by atoms with Crippen molar-refractivity contribution in [3.63, 3.8) is 0 Å². The summed E-state index contributed by atoms with van der Waals surface area (Å²) in [6.45, 7) is 6.65. The summed E-state index contributed by atoms with van der Waals surface area (Å²) in [6.07, 6.45) is -0.484. The van der Waals surface area contributed by atoms with E-state index in [4.69, 9.17) is 9.84 Å². The number of carbonyl (C=O) groups is 2. The van der Waals surface area contributed by atoms with Crippen LogP contribution in [0.4, 0.5) is 0 Å². The third kappa shape index (κ3) is 3.96. The number of hydrogen-bond acceptors (Lipinski definition) is 4. The second-order valence-corrected chi connectivity index (χ2v) is 4.14. The minimum absolute atomic E-state index is 0.155. The second-order valence-electron chi connectivity index (χ2n) is 4.14. The molecule has 0 radical (unpaired) electrons. The molecule has 0 atom stereocenters. The molecule has 0 spiro atoms. The van der Waals surface area contributed by atoms with Crippen LogP contribution in [0.15, 0.2) is 0 Å². The summed E-state index contributed by atoms with van der Waals surface area (Å²) in [5, 5.41) is 8.41. The molecule has 1 heterocycles. The fourth-order valence-corrected chi connectivity index (χ4v) is 1.71. The average Bonchev–Trinajstić information content (AvgIpc) is 2.49. The Kier molecular flexibility index (Phi) is 5.03. The molecule has 6 nitrogen and oxygen atoms in total. The molecule has 0 fully saturated rings. The highest BCUT2D eigenvalue weighted by Gasteiger charge is 2.09. The molecule has 0 aliphatic carbocycles. The van der Waals surface area contributed by atoms with Gasteiger partial charge in [0, 0.05) is 12.2 Å². The molecule has 1 aromatic rings. The highest BCUT2D eigenvalue weighted by atomic mass is 16.5. The molecular weight excluding hydrogens is 236 g/mol. The minimum atomic E-state index is -1.12. The monoisotopic (exact) mass is 254 g/mol. The van der Waals surface area contributed by atoms with Crippen molar-refractivity contribution in [2.45, 2.75) is 33.7 Å². The number of hydrogen-bond donors (Lipinski definition) is 1. The van der Waals surface area contributed by atoms with Crippen molar-refractivity contribution in [3.8, 4) is 0 Å². The molecule has 0 aliphatic rings. The summed E-state index contributed by atoms with van der Waals surface area (Å²) < 4.78 is 7.17. The molecule has 1 N–H and O–H groups in total. The van der Waals surface area contributed by atoms with Gasteiger partial charge in [-0.05, 0) is 20.8 Å². The average molecular weight is 254 g/mol. The Morgan fingerprint density at radius 1 is 1.33 bits per heavy atom. The maximum absolute atomic E-state index is 11.1. The van der Waals surface area contributed by atoms with Crippen molar-refractivity contribution in [2.24, 2.45) is 0 Å². The van der Waals surface area contributed by atoms with Gasteiger partial charge in [-0.1, -0.05) is 0 Å². The molecule has 0 aliphatic heterocycles. The van der Waals surface area contributed by atoms with E-state index < -0.39 is 18.2 Å². The van der Waals surface area contributed by atoms with Crippen molar-refractivity contribution in [3.05, 3.63) is 17.2 Å². The molecule has 0 saturated carbocycles. The molecule has 6 heteroatoms. The third-order valence-electron chi connectivity index (χ3n) is 2.72. The zero-order valence-electron chi connectivity index (χ0n) is 10.9. The number of Topliss-reactive ketones (excluding diaryl/α,β-unsaturated/α-hetero) is 1. The number of carboxylic acids is 1. The summed E-state index contributed by atoms with van der Waals surface area (Å²) in [6, 6.07) is 0. The van der Waals surface area contributed by atoms with Crippen molar-refractivity contribution in [1.29, 1.82) is 0 Å². The lowest BCUT2D eigenvalue weighted by Crippen LogP contribution is -2.16. The molecule has 0 bridgehead atoms. The van der Waals surface area contributed by atoms with Gasteiger partial charge in [-0.25, -0.2) is 4.98 Å². The summed E-state index contributed by atoms with van der Waals surface area (Å²) >= 11 is 0. The summed E-state index contributed by atoms with van der Waals surface area (Å²) in [5.41, 5.74) is 2.06. The topological polar surface area (TPSA) is 81.4 Å². The number of carbonyl (C=O) groups excluding carboxylic acids is 1. The third-order valence-corrected chi connectivity index (χ3v) is 2.72. The van der Waals surface area contributed by atoms with Crippen LogP contribution in [0.5, 0.6) is 0 Å². The van der Waals surface area contributed by atoms with Gasteiger partial charge in [-0.3, -0.25) is 9.59 Å². The summed E-state index contributed by atoms with van der Waals surface area (Å²) in [7, 11) is 0. The Morgan fingerprint density at radius 3 is 2.50 bits per heavy atom. The fourth-order valence-electron chi connectivity index (χ4n) is 1.71. The first-order valence-corrected chi connectivity index (χ1v) is 5.73. The zero-order chi connectivity index (χ0) is 13.7. The molecular formula is C12H18N2O4. The number of ether oxygens (including phenoxy) is 1. The normalized spacial score (nSPS) is 10.6. The Balaban J connectivity index is 2.34. The molecule has 0 saturated heterocycles. The molecule has 0 aromatic carbocycles. The van der Waals surface area contributed by atoms with Gasteiger partial charge in [-0.15, -0.1) is 0 Å². The highest BCUT2D eigenvalue weighted by Crippen LogP contribution is 2.08. The van der Waals surface area contributed by atoms with E-state index in [0.29, 0.717) is 13.2 Å². The largest absolute Gasteiger partial charge is 0.481 e. The number of ketones is 1. The molecule has 100 valence electrons. The Labute approximate surface area is 106 Å². The molecule has 1 rings (SSSR count). The molecule has 18 heavy (non-hydrogen) atoms. The number of nitrogens with zero attached hydrogens (tertiary/aromatic N) is 2. The van der Waals surface area contributed by atoms with E-state index in [-0.39, 0.29) is 6.61 Å². The van der Waals surface area contributed by atoms with Crippen LogP contribution in [0, 0.1) is 20.8 Å². The number of aliphatic carboxylic acids is 1. The van der Waals surface area contributed by atoms with Crippen LogP contribution in [0.3, 0.4) is 0 Å². The standard InChI is InChI=1S/C12H18N2O4/c1-8-9(2)14(10(3)13-8)4-5-18-7-11(15)6-12(16)17/h4-7H2,1-3H3,(H,16,17). The first kappa shape index (κ1) is 14.4. The van der Waals surface area contributed by atoms with E-state index >= 15 is 0 Å². The van der Waals surface area contributed by atoms with E-state index in [9.17, 15) is 9.59 Å². The Bertz CT molecular complexity index is 451. The van der Waals surface area contributed by atoms with Crippen LogP contribution >= 0.6 is 0 Å². The van der Waals surface area contributed by atoms with Crippen molar-refractivity contribution in [2.75, 3.05) is 13.2 Å². The Morgan fingerprint density at radius 2 is 2.00 bits per heavy atom. The summed E-state index contributed by atoms with van der Waals surface area (Å²) in [4.78, 5) is 25.7. The predicted octanol–water partition coefficient (Wildman–Crippen LogP) is 0.869.